The predicted octanol–water partition coefficient (Wildman–Crippen LogP) is 2.70. The second-order valence-corrected chi connectivity index (χ2v) is 7.96. The normalized spacial score (nSPS) is 12.8. The molecule has 0 radical (unpaired) electrons. The summed E-state index contributed by atoms with van der Waals surface area (Å²) in [6.45, 7) is 1.52. The molecule has 3 N–H and O–H groups in total. The minimum atomic E-state index is -0.536. The number of nitrogens with zero attached hydrogens (tertiary/aromatic N) is 1. The van der Waals surface area contributed by atoms with Gasteiger partial charge >= 0.3 is 0 Å². The maximum absolute atomic E-state index is 12.8. The number of carbonyl (C=O) groups excluding carboxylic acids is 1. The second-order valence-electron chi connectivity index (χ2n) is 7.96. The summed E-state index contributed by atoms with van der Waals surface area (Å²) in [6, 6.07) is 22.0. The van der Waals surface area contributed by atoms with E-state index < -0.39 is 12.2 Å². The number of hydrogen-bond donors (Lipinski definition) is 3. The summed E-state index contributed by atoms with van der Waals surface area (Å²) in [5, 5.41) is 13.5. The van der Waals surface area contributed by atoms with E-state index in [0.29, 0.717) is 24.3 Å². The lowest BCUT2D eigenvalue weighted by atomic mass is 10.1. The molecular weight excluding hydrogens is 418 g/mol. The topological polar surface area (TPSA) is 94.7 Å². The summed E-state index contributed by atoms with van der Waals surface area (Å²) in [4.78, 5) is 28.7. The third-order valence-corrected chi connectivity index (χ3v) is 5.52. The fourth-order valence-electron chi connectivity index (χ4n) is 3.58. The van der Waals surface area contributed by atoms with Crippen LogP contribution in [0.2, 0.25) is 0 Å². The Morgan fingerprint density at radius 2 is 1.79 bits per heavy atom. The highest BCUT2D eigenvalue weighted by molar-refractivity contribution is 5.94. The molecule has 0 aliphatic carbocycles. The van der Waals surface area contributed by atoms with Crippen LogP contribution < -0.4 is 10.9 Å². The molecule has 0 bridgehead atoms. The molecule has 7 nitrogen and oxygen atoms in total. The Labute approximate surface area is 194 Å². The molecule has 33 heavy (non-hydrogen) atoms. The van der Waals surface area contributed by atoms with Crippen molar-refractivity contribution in [1.82, 2.24) is 15.2 Å². The number of ether oxygens (including phenoxy) is 1. The van der Waals surface area contributed by atoms with Crippen LogP contribution in [0, 0.1) is 0 Å². The van der Waals surface area contributed by atoms with Crippen molar-refractivity contribution in [3.05, 3.63) is 106 Å². The van der Waals surface area contributed by atoms with Gasteiger partial charge in [-0.25, -0.2) is 0 Å². The summed E-state index contributed by atoms with van der Waals surface area (Å²) >= 11 is 0. The van der Waals surface area contributed by atoms with Gasteiger partial charge in [0, 0.05) is 38.0 Å². The van der Waals surface area contributed by atoms with E-state index in [1.54, 1.807) is 31.2 Å². The number of aromatic amines is 1. The molecule has 0 aliphatic rings. The highest BCUT2D eigenvalue weighted by Gasteiger charge is 2.19. The molecule has 0 spiro atoms. The average Bonchev–Trinajstić information content (AvgIpc) is 2.85. The molecule has 3 rings (SSSR count). The number of nitrogens with one attached hydrogen (secondary N) is 2. The van der Waals surface area contributed by atoms with Crippen LogP contribution in [0.1, 0.15) is 39.4 Å². The van der Waals surface area contributed by atoms with Crippen LogP contribution in [0.25, 0.3) is 0 Å². The van der Waals surface area contributed by atoms with Gasteiger partial charge in [0.05, 0.1) is 12.6 Å². The smallest absolute Gasteiger partial charge is 0.253 e. The highest BCUT2D eigenvalue weighted by Crippen LogP contribution is 2.16. The van der Waals surface area contributed by atoms with Gasteiger partial charge in [0.2, 0.25) is 5.56 Å². The molecular formula is C26H31N3O4. The second kappa shape index (κ2) is 12.1. The summed E-state index contributed by atoms with van der Waals surface area (Å²) in [6.07, 6.45) is -0.172. The largest absolute Gasteiger partial charge is 0.387 e. The zero-order valence-corrected chi connectivity index (χ0v) is 19.0. The molecule has 0 saturated heterocycles. The number of likely N-dealkylation sites (N-methyl/N-ethyl adjacent to an activating group) is 1. The highest BCUT2D eigenvalue weighted by atomic mass is 16.5. The van der Waals surface area contributed by atoms with Gasteiger partial charge in [-0.1, -0.05) is 48.5 Å². The van der Waals surface area contributed by atoms with Crippen molar-refractivity contribution in [2.24, 2.45) is 0 Å². The Morgan fingerprint density at radius 1 is 1.06 bits per heavy atom. The number of benzene rings is 2. The van der Waals surface area contributed by atoms with E-state index in [-0.39, 0.29) is 11.5 Å². The van der Waals surface area contributed by atoms with Crippen LogP contribution in [-0.4, -0.2) is 54.7 Å². The molecule has 2 atom stereocenters. The molecule has 174 valence electrons. The van der Waals surface area contributed by atoms with Crippen LogP contribution in [-0.2, 0) is 11.2 Å². The van der Waals surface area contributed by atoms with Gasteiger partial charge in [-0.3, -0.25) is 9.59 Å². The van der Waals surface area contributed by atoms with Crippen LogP contribution in [0.4, 0.5) is 0 Å². The van der Waals surface area contributed by atoms with Gasteiger partial charge < -0.3 is 25.0 Å². The predicted molar refractivity (Wildman–Crippen MR) is 128 cm³/mol. The molecule has 1 heterocycles. The van der Waals surface area contributed by atoms with E-state index in [1.165, 1.54) is 6.07 Å². The average molecular weight is 450 g/mol. The van der Waals surface area contributed by atoms with Crippen molar-refractivity contribution in [1.29, 1.82) is 0 Å². The van der Waals surface area contributed by atoms with Crippen LogP contribution in [0.15, 0.2) is 77.6 Å². The van der Waals surface area contributed by atoms with E-state index in [2.05, 4.69) is 10.3 Å². The molecule has 1 amide bonds. The van der Waals surface area contributed by atoms with Gasteiger partial charge in [0.25, 0.3) is 5.91 Å². The Morgan fingerprint density at radius 3 is 2.45 bits per heavy atom. The first-order valence-electron chi connectivity index (χ1n) is 11.0. The number of pyridine rings is 1. The van der Waals surface area contributed by atoms with Crippen molar-refractivity contribution in [2.75, 3.05) is 33.8 Å². The minimum absolute atomic E-state index is 0.119. The fraction of sp³-hybridized carbons (Fsp3) is 0.308. The molecule has 0 saturated carbocycles. The number of carbonyl (C=O) groups is 1. The number of aromatic nitrogens is 1. The van der Waals surface area contributed by atoms with Crippen LogP contribution in [0.5, 0.6) is 0 Å². The summed E-state index contributed by atoms with van der Waals surface area (Å²) in [7, 11) is 3.27. The Balaban J connectivity index is 1.48. The van der Waals surface area contributed by atoms with E-state index in [0.717, 1.165) is 24.1 Å². The number of aliphatic hydroxyl groups is 1. The first-order valence-corrected chi connectivity index (χ1v) is 11.0. The molecule has 2 aromatic carbocycles. The monoisotopic (exact) mass is 449 g/mol. The number of H-pyrrole nitrogens is 1. The molecule has 3 aromatic rings. The lowest BCUT2D eigenvalue weighted by molar-refractivity contribution is 0.0524. The quantitative estimate of drug-likeness (QED) is 0.391. The van der Waals surface area contributed by atoms with Gasteiger partial charge in [0.1, 0.15) is 6.10 Å². The standard InChI is InChI=1S/C26H31N3O4/c1-29(18-24(33-2)22-9-6-10-25(31)28-22)26(32)21-13-11-19(12-14-21)15-16-27-17-23(30)20-7-4-3-5-8-20/h3-14,23-24,27,30H,15-18H2,1-2H3,(H,28,31). The number of hydrogen-bond acceptors (Lipinski definition) is 5. The molecule has 0 aliphatic heterocycles. The van der Waals surface area contributed by atoms with Crippen molar-refractivity contribution in [3.8, 4) is 0 Å². The Kier molecular flexibility index (Phi) is 8.95. The van der Waals surface area contributed by atoms with Crippen molar-refractivity contribution in [2.45, 2.75) is 18.6 Å². The minimum Gasteiger partial charge on any atom is -0.387 e. The number of amides is 1. The first-order chi connectivity index (χ1) is 16.0. The maximum Gasteiger partial charge on any atom is 0.253 e. The molecule has 0 fully saturated rings. The van der Waals surface area contributed by atoms with Crippen molar-refractivity contribution < 1.29 is 14.6 Å². The van der Waals surface area contributed by atoms with Crippen molar-refractivity contribution in [3.63, 3.8) is 0 Å². The number of aliphatic hydroxyl groups excluding tert-OH is 1. The third-order valence-electron chi connectivity index (χ3n) is 5.52. The fourth-order valence-corrected chi connectivity index (χ4v) is 3.58. The first kappa shape index (κ1) is 24.4. The lowest BCUT2D eigenvalue weighted by Gasteiger charge is -2.23. The van der Waals surface area contributed by atoms with Gasteiger partial charge in [0.15, 0.2) is 0 Å². The van der Waals surface area contributed by atoms with Crippen molar-refractivity contribution >= 4 is 5.91 Å². The molecule has 1 aromatic heterocycles. The molecule has 7 heteroatoms. The lowest BCUT2D eigenvalue weighted by Crippen LogP contribution is -2.32. The van der Waals surface area contributed by atoms with E-state index in [9.17, 15) is 14.7 Å². The SMILES string of the molecule is COC(CN(C)C(=O)c1ccc(CCNCC(O)c2ccccc2)cc1)c1cccc(=O)[nH]1. The summed E-state index contributed by atoms with van der Waals surface area (Å²) < 4.78 is 5.48. The number of methoxy groups -OCH3 is 1. The third kappa shape index (κ3) is 7.12. The Bertz CT molecular complexity index is 1070. The number of rotatable bonds is 11. The zero-order valence-electron chi connectivity index (χ0n) is 19.0. The van der Waals surface area contributed by atoms with Crippen LogP contribution >= 0.6 is 0 Å². The van der Waals surface area contributed by atoms with Gasteiger partial charge in [-0.05, 0) is 42.3 Å². The van der Waals surface area contributed by atoms with E-state index in [1.807, 2.05) is 54.6 Å². The van der Waals surface area contributed by atoms with Crippen LogP contribution in [0.3, 0.4) is 0 Å². The maximum atomic E-state index is 12.8. The van der Waals surface area contributed by atoms with Gasteiger partial charge in [-0.15, -0.1) is 0 Å². The zero-order chi connectivity index (χ0) is 23.6. The van der Waals surface area contributed by atoms with Gasteiger partial charge in [-0.2, -0.15) is 0 Å². The summed E-state index contributed by atoms with van der Waals surface area (Å²) in [5.74, 6) is -0.119. The summed E-state index contributed by atoms with van der Waals surface area (Å²) in [5.41, 5.74) is 3.01. The molecule has 2 unspecified atom stereocenters. The van der Waals surface area contributed by atoms with E-state index in [4.69, 9.17) is 4.74 Å². The Hall–Kier alpha value is -3.26. The van der Waals surface area contributed by atoms with E-state index >= 15 is 0 Å².